The molecule has 172 valence electrons. The van der Waals surface area contributed by atoms with Crippen molar-refractivity contribution in [3.63, 3.8) is 0 Å². The zero-order chi connectivity index (χ0) is 23.6. The van der Waals surface area contributed by atoms with Crippen LogP contribution in [0.2, 0.25) is 0 Å². The first-order chi connectivity index (χ1) is 15.8. The Hall–Kier alpha value is -4.08. The van der Waals surface area contributed by atoms with Crippen LogP contribution in [0.1, 0.15) is 22.8 Å². The third-order valence-corrected chi connectivity index (χ3v) is 5.46. The van der Waals surface area contributed by atoms with Gasteiger partial charge in [0.2, 0.25) is 0 Å². The lowest BCUT2D eigenvalue weighted by Crippen LogP contribution is -2.41. The Morgan fingerprint density at radius 1 is 1.06 bits per heavy atom. The average molecular weight is 454 g/mol. The van der Waals surface area contributed by atoms with Crippen LogP contribution in [-0.4, -0.2) is 62.1 Å². The summed E-state index contributed by atoms with van der Waals surface area (Å²) in [5.74, 6) is -0.372. The number of ether oxygens (including phenoxy) is 4. The summed E-state index contributed by atoms with van der Waals surface area (Å²) >= 11 is 0. The number of benzene rings is 2. The number of esters is 1. The summed E-state index contributed by atoms with van der Waals surface area (Å²) in [5, 5.41) is 2.61. The molecule has 10 heteroatoms. The number of methoxy groups -OCH3 is 1. The SMILES string of the molecule is COc1ccc([C@]2(C)NC(=O)N(CC(=O)OCC(=O)c3ccc4c(c3)OCCO4)C2=O)cc1. The Bertz CT molecular complexity index is 1110. The second kappa shape index (κ2) is 8.81. The number of rotatable bonds is 7. The number of nitrogens with one attached hydrogen (secondary N) is 1. The second-order valence-corrected chi connectivity index (χ2v) is 7.62. The molecule has 2 aromatic carbocycles. The summed E-state index contributed by atoms with van der Waals surface area (Å²) in [7, 11) is 1.52. The van der Waals surface area contributed by atoms with E-state index in [0.717, 1.165) is 4.90 Å². The molecule has 2 heterocycles. The highest BCUT2D eigenvalue weighted by Crippen LogP contribution is 2.31. The van der Waals surface area contributed by atoms with Crippen LogP contribution in [0.25, 0.3) is 0 Å². The number of carbonyl (C=O) groups is 4. The molecule has 1 N–H and O–H groups in total. The van der Waals surface area contributed by atoms with E-state index in [-0.39, 0.29) is 5.56 Å². The van der Waals surface area contributed by atoms with E-state index in [0.29, 0.717) is 36.0 Å². The summed E-state index contributed by atoms with van der Waals surface area (Å²) in [6.45, 7) is 1.19. The molecule has 1 atom stereocenters. The molecule has 2 aliphatic rings. The normalized spacial score (nSPS) is 19.2. The van der Waals surface area contributed by atoms with Crippen molar-refractivity contribution in [3.8, 4) is 17.2 Å². The molecule has 0 unspecified atom stereocenters. The number of nitrogens with zero attached hydrogens (tertiary/aromatic N) is 1. The molecular formula is C23H22N2O8. The van der Waals surface area contributed by atoms with Crippen LogP contribution in [0, 0.1) is 0 Å². The van der Waals surface area contributed by atoms with Gasteiger partial charge in [0.05, 0.1) is 7.11 Å². The van der Waals surface area contributed by atoms with Crippen LogP contribution in [-0.2, 0) is 19.9 Å². The monoisotopic (exact) mass is 454 g/mol. The van der Waals surface area contributed by atoms with E-state index in [9.17, 15) is 19.2 Å². The van der Waals surface area contributed by atoms with Crippen LogP contribution in [0.15, 0.2) is 42.5 Å². The molecule has 2 aromatic rings. The van der Waals surface area contributed by atoms with E-state index in [1.807, 2.05) is 0 Å². The van der Waals surface area contributed by atoms with Gasteiger partial charge in [-0.2, -0.15) is 0 Å². The highest BCUT2D eigenvalue weighted by molar-refractivity contribution is 6.09. The van der Waals surface area contributed by atoms with Crippen molar-refractivity contribution < 1.29 is 38.1 Å². The second-order valence-electron chi connectivity index (χ2n) is 7.62. The van der Waals surface area contributed by atoms with Crippen molar-refractivity contribution in [3.05, 3.63) is 53.6 Å². The first-order valence-corrected chi connectivity index (χ1v) is 10.2. The number of hydrogen-bond acceptors (Lipinski definition) is 8. The minimum Gasteiger partial charge on any atom is -0.497 e. The molecule has 0 spiro atoms. The molecular weight excluding hydrogens is 432 g/mol. The van der Waals surface area contributed by atoms with Crippen molar-refractivity contribution in [1.29, 1.82) is 0 Å². The third kappa shape index (κ3) is 4.32. The molecule has 0 aliphatic carbocycles. The number of urea groups is 1. The first kappa shape index (κ1) is 22.1. The molecule has 0 saturated carbocycles. The molecule has 3 amide bonds. The van der Waals surface area contributed by atoms with Crippen molar-refractivity contribution in [2.24, 2.45) is 0 Å². The van der Waals surface area contributed by atoms with Crippen molar-refractivity contribution in [2.75, 3.05) is 33.5 Å². The topological polar surface area (TPSA) is 120 Å². The lowest BCUT2D eigenvalue weighted by Gasteiger charge is -2.22. The molecule has 33 heavy (non-hydrogen) atoms. The van der Waals surface area contributed by atoms with Gasteiger partial charge in [0.15, 0.2) is 23.9 Å². The van der Waals surface area contributed by atoms with Gasteiger partial charge in [-0.25, -0.2) is 4.79 Å². The maximum absolute atomic E-state index is 12.9. The van der Waals surface area contributed by atoms with E-state index in [2.05, 4.69) is 5.32 Å². The van der Waals surface area contributed by atoms with Gasteiger partial charge in [-0.15, -0.1) is 0 Å². The molecule has 0 bridgehead atoms. The zero-order valence-corrected chi connectivity index (χ0v) is 18.1. The molecule has 1 fully saturated rings. The van der Waals surface area contributed by atoms with Gasteiger partial charge in [0, 0.05) is 5.56 Å². The highest BCUT2D eigenvalue weighted by Gasteiger charge is 2.49. The average Bonchev–Trinajstić information content (AvgIpc) is 3.06. The Kier molecular flexibility index (Phi) is 5.91. The molecule has 1 saturated heterocycles. The van der Waals surface area contributed by atoms with Gasteiger partial charge >= 0.3 is 12.0 Å². The van der Waals surface area contributed by atoms with E-state index in [1.165, 1.54) is 13.2 Å². The van der Waals surface area contributed by atoms with Gasteiger partial charge in [-0.1, -0.05) is 12.1 Å². The number of imide groups is 1. The fraction of sp³-hybridized carbons (Fsp3) is 0.304. The van der Waals surface area contributed by atoms with Crippen LogP contribution in [0.5, 0.6) is 17.2 Å². The summed E-state index contributed by atoms with van der Waals surface area (Å²) in [4.78, 5) is 50.8. The first-order valence-electron chi connectivity index (χ1n) is 10.2. The maximum Gasteiger partial charge on any atom is 0.326 e. The number of hydrogen-bond donors (Lipinski definition) is 1. The number of fused-ring (bicyclic) bond motifs is 1. The molecule has 10 nitrogen and oxygen atoms in total. The fourth-order valence-corrected chi connectivity index (χ4v) is 3.58. The number of Topliss-reactive ketones (excluding diaryl/α,β-unsaturated/α-hetero) is 1. The van der Waals surface area contributed by atoms with Crippen LogP contribution in [0.4, 0.5) is 4.79 Å². The summed E-state index contributed by atoms with van der Waals surface area (Å²) in [5.41, 5.74) is -0.523. The van der Waals surface area contributed by atoms with E-state index >= 15 is 0 Å². The molecule has 0 aromatic heterocycles. The number of carbonyl (C=O) groups excluding carboxylic acids is 4. The number of ketones is 1. The number of amides is 3. The van der Waals surface area contributed by atoms with Gasteiger partial charge in [-0.3, -0.25) is 19.3 Å². The smallest absolute Gasteiger partial charge is 0.326 e. The predicted molar refractivity (Wildman–Crippen MR) is 113 cm³/mol. The Balaban J connectivity index is 1.36. The van der Waals surface area contributed by atoms with E-state index < -0.39 is 42.4 Å². The van der Waals surface area contributed by atoms with E-state index in [4.69, 9.17) is 18.9 Å². The minimum absolute atomic E-state index is 0.286. The minimum atomic E-state index is -1.34. The van der Waals surface area contributed by atoms with Gasteiger partial charge < -0.3 is 24.3 Å². The zero-order valence-electron chi connectivity index (χ0n) is 18.1. The van der Waals surface area contributed by atoms with Gasteiger partial charge in [0.1, 0.15) is 31.0 Å². The standard InChI is InChI=1S/C23H22N2O8/c1-23(15-4-6-16(30-2)7-5-15)21(28)25(22(29)24-23)12-20(27)33-13-17(26)14-3-8-18-19(11-14)32-10-9-31-18/h3-8,11H,9-10,12-13H2,1-2H3,(H,24,29)/t23-/m0/s1. The van der Waals surface area contributed by atoms with Crippen LogP contribution >= 0.6 is 0 Å². The highest BCUT2D eigenvalue weighted by atomic mass is 16.6. The van der Waals surface area contributed by atoms with Crippen molar-refractivity contribution >= 4 is 23.7 Å². The Morgan fingerprint density at radius 2 is 1.76 bits per heavy atom. The van der Waals surface area contributed by atoms with Crippen LogP contribution < -0.4 is 19.5 Å². The predicted octanol–water partition coefficient (Wildman–Crippen LogP) is 1.66. The fourth-order valence-electron chi connectivity index (χ4n) is 3.58. The van der Waals surface area contributed by atoms with Crippen molar-refractivity contribution in [2.45, 2.75) is 12.5 Å². The van der Waals surface area contributed by atoms with E-state index in [1.54, 1.807) is 43.3 Å². The lowest BCUT2D eigenvalue weighted by atomic mass is 9.92. The maximum atomic E-state index is 12.9. The Labute approximate surface area is 189 Å². The van der Waals surface area contributed by atoms with Gasteiger partial charge in [0.25, 0.3) is 5.91 Å². The Morgan fingerprint density at radius 3 is 2.45 bits per heavy atom. The molecule has 0 radical (unpaired) electrons. The van der Waals surface area contributed by atoms with Crippen LogP contribution in [0.3, 0.4) is 0 Å². The largest absolute Gasteiger partial charge is 0.497 e. The third-order valence-electron chi connectivity index (χ3n) is 5.46. The van der Waals surface area contributed by atoms with Crippen molar-refractivity contribution in [1.82, 2.24) is 10.2 Å². The van der Waals surface area contributed by atoms with Gasteiger partial charge in [-0.05, 0) is 42.8 Å². The molecule has 4 rings (SSSR count). The quantitative estimate of drug-likeness (QED) is 0.381. The summed E-state index contributed by atoms with van der Waals surface area (Å²) in [6, 6.07) is 10.6. The lowest BCUT2D eigenvalue weighted by molar-refractivity contribution is -0.146. The summed E-state index contributed by atoms with van der Waals surface area (Å²) in [6.07, 6.45) is 0. The summed E-state index contributed by atoms with van der Waals surface area (Å²) < 4.78 is 21.0. The molecule has 2 aliphatic heterocycles.